The van der Waals surface area contributed by atoms with Crippen LogP contribution in [0.15, 0.2) is 48.6 Å². The quantitative estimate of drug-likeness (QED) is 0.0211. The molecule has 0 heterocycles. The highest BCUT2D eigenvalue weighted by Gasteiger charge is 2.25. The molecule has 0 aromatic carbocycles. The fourth-order valence-electron chi connectivity index (χ4n) is 8.25. The van der Waals surface area contributed by atoms with E-state index in [1.54, 1.807) is 0 Å². The summed E-state index contributed by atoms with van der Waals surface area (Å²) in [5.41, 5.74) is 0. The zero-order valence-corrected chi connectivity index (χ0v) is 46.4. The van der Waals surface area contributed by atoms with E-state index in [9.17, 15) is 19.5 Å². The van der Waals surface area contributed by atoms with E-state index < -0.39 is 24.3 Å². The minimum absolute atomic E-state index is 0.184. The zero-order chi connectivity index (χ0) is 51.3. The number of likely N-dealkylation sites (N-methyl/N-ethyl adjacent to an activating group) is 1. The number of esters is 2. The monoisotopic (exact) mass is 987 g/mol. The summed E-state index contributed by atoms with van der Waals surface area (Å²) in [7, 11) is 5.96. The van der Waals surface area contributed by atoms with Gasteiger partial charge in [0, 0.05) is 12.8 Å². The molecular formula is C61H112NO8+. The van der Waals surface area contributed by atoms with Gasteiger partial charge in [0.1, 0.15) is 13.2 Å². The van der Waals surface area contributed by atoms with E-state index in [2.05, 4.69) is 62.5 Å². The van der Waals surface area contributed by atoms with E-state index in [-0.39, 0.29) is 32.2 Å². The molecule has 0 bridgehead atoms. The van der Waals surface area contributed by atoms with E-state index in [1.807, 2.05) is 21.1 Å². The van der Waals surface area contributed by atoms with Gasteiger partial charge in [-0.1, -0.05) is 223 Å². The molecule has 0 aliphatic rings. The Bertz CT molecular complexity index is 1290. The van der Waals surface area contributed by atoms with Crippen LogP contribution < -0.4 is 0 Å². The predicted molar refractivity (Wildman–Crippen MR) is 295 cm³/mol. The van der Waals surface area contributed by atoms with Crippen LogP contribution in [0, 0.1) is 0 Å². The fourth-order valence-corrected chi connectivity index (χ4v) is 8.25. The number of quaternary nitrogens is 1. The molecule has 408 valence electrons. The van der Waals surface area contributed by atoms with Gasteiger partial charge in [0.25, 0.3) is 6.29 Å². The minimum atomic E-state index is -1.51. The maximum absolute atomic E-state index is 12.9. The second-order valence-corrected chi connectivity index (χ2v) is 20.9. The molecule has 2 atom stereocenters. The number of hydrogen-bond donors (Lipinski definition) is 1. The number of carboxylic acid groups (broad SMARTS) is 1. The molecular weight excluding hydrogens is 875 g/mol. The number of allylic oxidation sites excluding steroid dienone is 8. The molecule has 0 spiro atoms. The van der Waals surface area contributed by atoms with Crippen LogP contribution >= 0.6 is 0 Å². The van der Waals surface area contributed by atoms with Crippen molar-refractivity contribution in [1.82, 2.24) is 0 Å². The molecule has 2 unspecified atom stereocenters. The molecule has 0 rings (SSSR count). The first-order chi connectivity index (χ1) is 34.1. The molecule has 0 saturated carbocycles. The number of carboxylic acids is 1. The summed E-state index contributed by atoms with van der Waals surface area (Å²) in [5, 5.41) is 9.68. The summed E-state index contributed by atoms with van der Waals surface area (Å²) in [6.07, 6.45) is 62.1. The lowest BCUT2D eigenvalue weighted by atomic mass is 10.0. The van der Waals surface area contributed by atoms with Crippen molar-refractivity contribution < 1.29 is 42.9 Å². The van der Waals surface area contributed by atoms with Gasteiger partial charge in [0.15, 0.2) is 6.10 Å². The number of aliphatic carboxylic acids is 1. The lowest BCUT2D eigenvalue weighted by Gasteiger charge is -2.25. The average Bonchev–Trinajstić information content (AvgIpc) is 3.33. The first-order valence-electron chi connectivity index (χ1n) is 29.3. The van der Waals surface area contributed by atoms with Gasteiger partial charge in [-0.3, -0.25) is 9.59 Å². The Morgan fingerprint density at radius 2 is 0.771 bits per heavy atom. The molecule has 0 aliphatic heterocycles. The number of nitrogens with zero attached hydrogens (tertiary/aromatic N) is 1. The van der Waals surface area contributed by atoms with Gasteiger partial charge in [0.05, 0.1) is 34.4 Å². The highest BCUT2D eigenvalue weighted by molar-refractivity contribution is 5.71. The molecule has 9 heteroatoms. The fraction of sp³-hybridized carbons (Fsp3) is 0.820. The summed E-state index contributed by atoms with van der Waals surface area (Å²) in [4.78, 5) is 37.3. The Balaban J connectivity index is 4.06. The largest absolute Gasteiger partial charge is 0.477 e. The van der Waals surface area contributed by atoms with Crippen molar-refractivity contribution >= 4 is 17.9 Å². The maximum atomic E-state index is 12.9. The molecule has 0 amide bonds. The summed E-state index contributed by atoms with van der Waals surface area (Å²) in [6, 6.07) is 0. The standard InChI is InChI=1S/C61H111NO8/c1-6-8-10-12-14-16-18-20-21-22-23-24-25-26-27-28-29-30-31-32-33-34-35-36-37-38-39-40-42-44-46-48-50-52-59(64)70-57(56-69-61(60(65)66)67-54-53-62(3,4)5)55-68-58(63)51-49-47-45-43-41-19-17-15-13-11-9-7-2/h15,17-18,20,22-23,25-26,57,61H,6-14,16,19,21,24,27-56H2,1-5H3/p+1/b17-15-,20-18-,23-22-,26-25-. The van der Waals surface area contributed by atoms with Crippen LogP contribution in [-0.4, -0.2) is 87.4 Å². The minimum Gasteiger partial charge on any atom is -0.477 e. The van der Waals surface area contributed by atoms with E-state index in [0.29, 0.717) is 17.4 Å². The topological polar surface area (TPSA) is 108 Å². The third kappa shape index (κ3) is 53.1. The van der Waals surface area contributed by atoms with Crippen LogP contribution in [0.25, 0.3) is 0 Å². The molecule has 0 saturated heterocycles. The first-order valence-corrected chi connectivity index (χ1v) is 29.3. The van der Waals surface area contributed by atoms with Crippen molar-refractivity contribution in [2.75, 3.05) is 47.5 Å². The van der Waals surface area contributed by atoms with Crippen molar-refractivity contribution in [2.45, 2.75) is 277 Å². The van der Waals surface area contributed by atoms with Crippen LogP contribution in [0.2, 0.25) is 0 Å². The van der Waals surface area contributed by atoms with E-state index in [0.717, 1.165) is 70.6 Å². The Morgan fingerprint density at radius 3 is 1.19 bits per heavy atom. The zero-order valence-electron chi connectivity index (χ0n) is 46.4. The van der Waals surface area contributed by atoms with Crippen LogP contribution in [0.3, 0.4) is 0 Å². The Labute approximate surface area is 432 Å². The molecule has 1 N–H and O–H groups in total. The highest BCUT2D eigenvalue weighted by atomic mass is 16.7. The molecule has 9 nitrogen and oxygen atoms in total. The summed E-state index contributed by atoms with van der Waals surface area (Å²) >= 11 is 0. The number of rotatable bonds is 54. The van der Waals surface area contributed by atoms with Crippen LogP contribution in [0.4, 0.5) is 0 Å². The molecule has 0 radical (unpaired) electrons. The maximum Gasteiger partial charge on any atom is 0.361 e. The smallest absolute Gasteiger partial charge is 0.361 e. The van der Waals surface area contributed by atoms with Crippen molar-refractivity contribution in [2.24, 2.45) is 0 Å². The second kappa shape index (κ2) is 52.6. The number of carbonyl (C=O) groups is 3. The molecule has 0 aromatic heterocycles. The number of carbonyl (C=O) groups excluding carboxylic acids is 2. The summed E-state index contributed by atoms with van der Waals surface area (Å²) in [5.74, 6) is -2.01. The van der Waals surface area contributed by atoms with Crippen LogP contribution in [0.1, 0.15) is 264 Å². The number of unbranched alkanes of at least 4 members (excludes halogenated alkanes) is 31. The Hall–Kier alpha value is -2.75. The molecule has 0 fully saturated rings. The van der Waals surface area contributed by atoms with Gasteiger partial charge in [-0.05, 0) is 77.0 Å². The van der Waals surface area contributed by atoms with Crippen LogP contribution in [-0.2, 0) is 33.3 Å². The number of ether oxygens (including phenoxy) is 4. The number of hydrogen-bond acceptors (Lipinski definition) is 7. The van der Waals surface area contributed by atoms with E-state index in [1.165, 1.54) is 167 Å². The van der Waals surface area contributed by atoms with Gasteiger partial charge >= 0.3 is 17.9 Å². The lowest BCUT2D eigenvalue weighted by Crippen LogP contribution is -2.40. The highest BCUT2D eigenvalue weighted by Crippen LogP contribution is 2.16. The first kappa shape index (κ1) is 67.2. The summed E-state index contributed by atoms with van der Waals surface area (Å²) in [6.45, 7) is 4.85. The third-order valence-corrected chi connectivity index (χ3v) is 12.8. The van der Waals surface area contributed by atoms with Gasteiger partial charge in [-0.25, -0.2) is 4.79 Å². The van der Waals surface area contributed by atoms with Crippen LogP contribution in [0.5, 0.6) is 0 Å². The molecule has 0 aliphatic carbocycles. The van der Waals surface area contributed by atoms with Crippen molar-refractivity contribution in [3.05, 3.63) is 48.6 Å². The average molecular weight is 988 g/mol. The van der Waals surface area contributed by atoms with Crippen molar-refractivity contribution in [3.63, 3.8) is 0 Å². The third-order valence-electron chi connectivity index (χ3n) is 12.8. The Morgan fingerprint density at radius 1 is 0.429 bits per heavy atom. The normalized spacial score (nSPS) is 13.1. The van der Waals surface area contributed by atoms with Gasteiger partial charge < -0.3 is 28.5 Å². The van der Waals surface area contributed by atoms with E-state index >= 15 is 0 Å². The van der Waals surface area contributed by atoms with E-state index in [4.69, 9.17) is 18.9 Å². The van der Waals surface area contributed by atoms with Crippen molar-refractivity contribution in [1.29, 1.82) is 0 Å². The van der Waals surface area contributed by atoms with Gasteiger partial charge in [-0.2, -0.15) is 0 Å². The predicted octanol–water partition coefficient (Wildman–Crippen LogP) is 17.1. The van der Waals surface area contributed by atoms with Gasteiger partial charge in [0.2, 0.25) is 0 Å². The SMILES string of the molecule is CCCCC/C=C\CCCCCCCC(=O)OCC(COC(OCC[N+](C)(C)C)C(=O)O)OC(=O)CCCCCCCCCCCCCCCCCCCC/C=C\C/C=C\C/C=C\CCCCCCC. The molecule has 70 heavy (non-hydrogen) atoms. The summed E-state index contributed by atoms with van der Waals surface area (Å²) < 4.78 is 22.8. The molecule has 0 aromatic rings. The second-order valence-electron chi connectivity index (χ2n) is 20.9. The van der Waals surface area contributed by atoms with Gasteiger partial charge in [-0.15, -0.1) is 0 Å². The Kier molecular flexibility index (Phi) is 50.5. The lowest BCUT2D eigenvalue weighted by molar-refractivity contribution is -0.870. The van der Waals surface area contributed by atoms with Crippen molar-refractivity contribution in [3.8, 4) is 0 Å².